The van der Waals surface area contributed by atoms with Gasteiger partial charge in [0.15, 0.2) is 11.7 Å². The van der Waals surface area contributed by atoms with Gasteiger partial charge >= 0.3 is 6.36 Å². The number of benzene rings is 1. The summed E-state index contributed by atoms with van der Waals surface area (Å²) < 4.78 is 41.1. The molecule has 0 radical (unpaired) electrons. The molecule has 10 heteroatoms. The monoisotopic (exact) mass is 381 g/mol. The zero-order chi connectivity index (χ0) is 19.9. The average molecular weight is 381 g/mol. The molecule has 1 aromatic carbocycles. The number of para-hydroxylation sites is 2. The van der Waals surface area contributed by atoms with E-state index in [2.05, 4.69) is 25.3 Å². The van der Waals surface area contributed by atoms with Crippen molar-refractivity contribution in [2.24, 2.45) is 10.7 Å². The Kier molecular flexibility index (Phi) is 6.58. The fraction of sp³-hybridized carbons (Fsp3) is 0.235. The van der Waals surface area contributed by atoms with E-state index >= 15 is 0 Å². The van der Waals surface area contributed by atoms with Crippen LogP contribution >= 0.6 is 0 Å². The molecule has 2 aromatic rings. The maximum Gasteiger partial charge on any atom is 0.573 e. The fourth-order valence-electron chi connectivity index (χ4n) is 1.99. The molecule has 1 aromatic heterocycles. The molecule has 7 nitrogen and oxygen atoms in total. The lowest BCUT2D eigenvalue weighted by Gasteiger charge is -2.14. The molecule has 4 N–H and O–H groups in total. The van der Waals surface area contributed by atoms with Crippen LogP contribution in [0.4, 0.5) is 24.7 Å². The number of nitrogens with zero attached hydrogens (tertiary/aromatic N) is 2. The van der Waals surface area contributed by atoms with Gasteiger partial charge in [-0.1, -0.05) is 18.2 Å². The largest absolute Gasteiger partial charge is 0.573 e. The second-order valence-corrected chi connectivity index (χ2v) is 5.45. The lowest BCUT2D eigenvalue weighted by atomic mass is 10.3. The molecule has 0 saturated carbocycles. The minimum absolute atomic E-state index is 0.00406. The van der Waals surface area contributed by atoms with E-state index in [1.807, 2.05) is 13.0 Å². The minimum Gasteiger partial charge on any atom is -0.404 e. The third kappa shape index (κ3) is 7.22. The van der Waals surface area contributed by atoms with Gasteiger partial charge in [0.2, 0.25) is 5.91 Å². The summed E-state index contributed by atoms with van der Waals surface area (Å²) in [6.07, 6.45) is -3.18. The molecule has 144 valence electrons. The molecule has 1 heterocycles. The standard InChI is InChI=1S/C17H18F3N5O2/c1-11-6-7-14(23-10-11)25-15(26)8-9-22-16(21)24-12-4-2-3-5-13(12)27-17(18,19)20/h2-7,10H,8-9H2,1H3,(H3,21,22,24)(H,23,25,26). The van der Waals surface area contributed by atoms with Gasteiger partial charge in [-0.05, 0) is 30.7 Å². The van der Waals surface area contributed by atoms with Gasteiger partial charge in [-0.25, -0.2) is 4.98 Å². The molecule has 0 saturated heterocycles. The Hall–Kier alpha value is -3.30. The molecule has 0 fully saturated rings. The second kappa shape index (κ2) is 8.88. The summed E-state index contributed by atoms with van der Waals surface area (Å²) in [7, 11) is 0. The summed E-state index contributed by atoms with van der Waals surface area (Å²) in [5, 5.41) is 5.12. The molecule has 27 heavy (non-hydrogen) atoms. The first-order chi connectivity index (χ1) is 12.7. The number of rotatable bonds is 6. The van der Waals surface area contributed by atoms with Crippen LogP contribution in [0.1, 0.15) is 12.0 Å². The second-order valence-electron chi connectivity index (χ2n) is 5.45. The van der Waals surface area contributed by atoms with Crippen LogP contribution in [0.5, 0.6) is 5.75 Å². The van der Waals surface area contributed by atoms with Gasteiger partial charge < -0.3 is 21.1 Å². The maximum atomic E-state index is 12.4. The number of aliphatic imine (C=N–C) groups is 1. The first-order valence-corrected chi connectivity index (χ1v) is 7.87. The zero-order valence-corrected chi connectivity index (χ0v) is 14.4. The van der Waals surface area contributed by atoms with E-state index in [-0.39, 0.29) is 30.5 Å². The van der Waals surface area contributed by atoms with E-state index in [0.717, 1.165) is 11.6 Å². The first kappa shape index (κ1) is 20.0. The number of amides is 1. The quantitative estimate of drug-likeness (QED) is 0.527. The van der Waals surface area contributed by atoms with Crippen molar-refractivity contribution in [3.8, 4) is 5.75 Å². The highest BCUT2D eigenvalue weighted by Gasteiger charge is 2.32. The van der Waals surface area contributed by atoms with Crippen molar-refractivity contribution < 1.29 is 22.7 Å². The number of anilines is 2. The van der Waals surface area contributed by atoms with Crippen molar-refractivity contribution in [1.82, 2.24) is 4.98 Å². The van der Waals surface area contributed by atoms with Crippen molar-refractivity contribution in [1.29, 1.82) is 0 Å². The van der Waals surface area contributed by atoms with Gasteiger partial charge in [0.1, 0.15) is 5.82 Å². The van der Waals surface area contributed by atoms with Gasteiger partial charge in [-0.15, -0.1) is 13.2 Å². The number of alkyl halides is 3. The average Bonchev–Trinajstić information content (AvgIpc) is 2.57. The molecule has 0 aliphatic rings. The summed E-state index contributed by atoms with van der Waals surface area (Å²) in [5.74, 6) is -0.483. The predicted molar refractivity (Wildman–Crippen MR) is 95.5 cm³/mol. The molecule has 0 atom stereocenters. The van der Waals surface area contributed by atoms with Crippen LogP contribution in [0.3, 0.4) is 0 Å². The molecule has 1 amide bonds. The Labute approximate surface area is 153 Å². The lowest BCUT2D eigenvalue weighted by Crippen LogP contribution is -2.25. The number of carbonyl (C=O) groups excluding carboxylic acids is 1. The Morgan fingerprint density at radius 2 is 1.96 bits per heavy atom. The fourth-order valence-corrected chi connectivity index (χ4v) is 1.99. The summed E-state index contributed by atoms with van der Waals surface area (Å²) in [4.78, 5) is 19.8. The van der Waals surface area contributed by atoms with Crippen LogP contribution in [0, 0.1) is 6.92 Å². The molecule has 0 aliphatic heterocycles. The van der Waals surface area contributed by atoms with Crippen LogP contribution in [0.2, 0.25) is 0 Å². The Morgan fingerprint density at radius 1 is 1.22 bits per heavy atom. The number of carbonyl (C=O) groups is 1. The minimum atomic E-state index is -4.83. The number of pyridine rings is 1. The molecule has 0 aliphatic carbocycles. The smallest absolute Gasteiger partial charge is 0.404 e. The number of nitrogens with one attached hydrogen (secondary N) is 2. The topological polar surface area (TPSA) is 102 Å². The molecule has 0 bridgehead atoms. The summed E-state index contributed by atoms with van der Waals surface area (Å²) in [6, 6.07) is 8.89. The van der Waals surface area contributed by atoms with Crippen molar-refractivity contribution >= 4 is 23.4 Å². The SMILES string of the molecule is Cc1ccc(NC(=O)CCN=C(N)Nc2ccccc2OC(F)(F)F)nc1. The van der Waals surface area contributed by atoms with Crippen LogP contribution in [-0.2, 0) is 4.79 Å². The van der Waals surface area contributed by atoms with Crippen LogP contribution in [0.25, 0.3) is 0 Å². The van der Waals surface area contributed by atoms with Gasteiger partial charge in [-0.3, -0.25) is 9.79 Å². The maximum absolute atomic E-state index is 12.4. The van der Waals surface area contributed by atoms with E-state index in [9.17, 15) is 18.0 Å². The van der Waals surface area contributed by atoms with Crippen LogP contribution in [0.15, 0.2) is 47.6 Å². The van der Waals surface area contributed by atoms with Gasteiger partial charge in [0.25, 0.3) is 0 Å². The molecule has 0 spiro atoms. The van der Waals surface area contributed by atoms with Gasteiger partial charge in [-0.2, -0.15) is 0 Å². The molecule has 2 rings (SSSR count). The number of nitrogens with two attached hydrogens (primary N) is 1. The van der Waals surface area contributed by atoms with Crippen molar-refractivity contribution in [3.63, 3.8) is 0 Å². The molecular weight excluding hydrogens is 363 g/mol. The van der Waals surface area contributed by atoms with Gasteiger partial charge in [0.05, 0.1) is 12.2 Å². The van der Waals surface area contributed by atoms with Crippen molar-refractivity contribution in [3.05, 3.63) is 48.2 Å². The Bertz CT molecular complexity index is 807. The number of guanidine groups is 1. The number of halogens is 3. The highest BCUT2D eigenvalue weighted by Crippen LogP contribution is 2.29. The summed E-state index contributed by atoms with van der Waals surface area (Å²) in [5.41, 5.74) is 6.62. The molecule has 0 unspecified atom stereocenters. The third-order valence-electron chi connectivity index (χ3n) is 3.18. The third-order valence-corrected chi connectivity index (χ3v) is 3.18. The van der Waals surface area contributed by atoms with Crippen molar-refractivity contribution in [2.75, 3.05) is 17.2 Å². The number of ether oxygens (including phenoxy) is 1. The number of aryl methyl sites for hydroxylation is 1. The van der Waals surface area contributed by atoms with E-state index in [4.69, 9.17) is 5.73 Å². The Balaban J connectivity index is 1.87. The van der Waals surface area contributed by atoms with E-state index in [1.54, 1.807) is 12.3 Å². The van der Waals surface area contributed by atoms with Crippen LogP contribution < -0.4 is 21.1 Å². The number of hydrogen-bond donors (Lipinski definition) is 3. The highest BCUT2D eigenvalue weighted by atomic mass is 19.4. The normalized spacial score (nSPS) is 11.8. The summed E-state index contributed by atoms with van der Waals surface area (Å²) in [6.45, 7) is 1.92. The van der Waals surface area contributed by atoms with Gasteiger partial charge in [0, 0.05) is 12.6 Å². The summed E-state index contributed by atoms with van der Waals surface area (Å²) >= 11 is 0. The Morgan fingerprint density at radius 3 is 2.63 bits per heavy atom. The predicted octanol–water partition coefficient (Wildman–Crippen LogP) is 3.04. The lowest BCUT2D eigenvalue weighted by molar-refractivity contribution is -0.274. The van der Waals surface area contributed by atoms with Crippen LogP contribution in [-0.4, -0.2) is 29.8 Å². The number of hydrogen-bond acceptors (Lipinski definition) is 4. The van der Waals surface area contributed by atoms with E-state index < -0.39 is 12.1 Å². The van der Waals surface area contributed by atoms with E-state index in [0.29, 0.717) is 5.82 Å². The highest BCUT2D eigenvalue weighted by molar-refractivity contribution is 5.94. The zero-order valence-electron chi connectivity index (χ0n) is 14.4. The van der Waals surface area contributed by atoms with Crippen molar-refractivity contribution in [2.45, 2.75) is 19.7 Å². The first-order valence-electron chi connectivity index (χ1n) is 7.87. The molecular formula is C17H18F3N5O2. The number of aromatic nitrogens is 1. The van der Waals surface area contributed by atoms with E-state index in [1.165, 1.54) is 18.2 Å².